The third-order valence-corrected chi connectivity index (χ3v) is 5.61. The van der Waals surface area contributed by atoms with Crippen molar-refractivity contribution in [3.05, 3.63) is 0 Å². The molecule has 0 bridgehead atoms. The van der Waals surface area contributed by atoms with Crippen LogP contribution >= 0.6 is 0 Å². The maximum Gasteiger partial charge on any atom is 0.322 e. The molecule has 0 radical (unpaired) electrons. The molecule has 2 aliphatic carbocycles. The van der Waals surface area contributed by atoms with E-state index in [0.29, 0.717) is 12.8 Å². The molecular formula is C14H18O8. The van der Waals surface area contributed by atoms with Gasteiger partial charge in [-0.05, 0) is 25.7 Å². The molecule has 2 rings (SSSR count). The second-order valence-electron chi connectivity index (χ2n) is 6.17. The summed E-state index contributed by atoms with van der Waals surface area (Å²) in [5.74, 6) is -6.60. The zero-order valence-corrected chi connectivity index (χ0v) is 11.9. The Morgan fingerprint density at radius 2 is 1.09 bits per heavy atom. The molecule has 2 aliphatic rings. The average Bonchev–Trinajstić information content (AvgIpc) is 3.04. The van der Waals surface area contributed by atoms with Crippen molar-refractivity contribution < 1.29 is 39.6 Å². The van der Waals surface area contributed by atoms with E-state index in [-0.39, 0.29) is 32.1 Å². The summed E-state index contributed by atoms with van der Waals surface area (Å²) in [5, 5.41) is 38.5. The fourth-order valence-electron chi connectivity index (χ4n) is 4.66. The highest BCUT2D eigenvalue weighted by molar-refractivity contribution is 6.06. The molecular weight excluding hydrogens is 296 g/mol. The Hall–Kier alpha value is -2.12. The summed E-state index contributed by atoms with van der Waals surface area (Å²) in [5.41, 5.74) is -6.80. The van der Waals surface area contributed by atoms with Gasteiger partial charge in [-0.25, -0.2) is 0 Å². The van der Waals surface area contributed by atoms with E-state index in [2.05, 4.69) is 0 Å². The zero-order valence-electron chi connectivity index (χ0n) is 11.9. The normalized spacial score (nSPS) is 29.1. The summed E-state index contributed by atoms with van der Waals surface area (Å²) in [6, 6.07) is 0. The van der Waals surface area contributed by atoms with Gasteiger partial charge >= 0.3 is 23.9 Å². The zero-order chi connectivity index (χ0) is 16.8. The predicted molar refractivity (Wildman–Crippen MR) is 70.2 cm³/mol. The molecule has 4 N–H and O–H groups in total. The topological polar surface area (TPSA) is 149 Å². The van der Waals surface area contributed by atoms with E-state index in [4.69, 9.17) is 0 Å². The molecule has 2 saturated carbocycles. The van der Waals surface area contributed by atoms with Crippen LogP contribution in [-0.4, -0.2) is 44.3 Å². The predicted octanol–water partition coefficient (Wildman–Crippen LogP) is 1.04. The van der Waals surface area contributed by atoms with E-state index < -0.39 is 40.1 Å². The average molecular weight is 314 g/mol. The molecule has 22 heavy (non-hydrogen) atoms. The van der Waals surface area contributed by atoms with Crippen molar-refractivity contribution in [3.63, 3.8) is 0 Å². The quantitative estimate of drug-likeness (QED) is 0.550. The molecule has 0 spiro atoms. The molecule has 1 unspecified atom stereocenters. The Labute approximate surface area is 125 Å². The number of hydrogen-bond acceptors (Lipinski definition) is 4. The van der Waals surface area contributed by atoms with Crippen molar-refractivity contribution in [2.24, 2.45) is 16.2 Å². The smallest absolute Gasteiger partial charge is 0.322 e. The number of aliphatic carboxylic acids is 4. The highest BCUT2D eigenvalue weighted by Gasteiger charge is 2.78. The van der Waals surface area contributed by atoms with Gasteiger partial charge in [-0.15, -0.1) is 0 Å². The molecule has 1 atom stereocenters. The molecule has 0 aromatic rings. The largest absolute Gasteiger partial charge is 0.481 e. The summed E-state index contributed by atoms with van der Waals surface area (Å²) >= 11 is 0. The van der Waals surface area contributed by atoms with E-state index in [0.717, 1.165) is 0 Å². The van der Waals surface area contributed by atoms with E-state index in [1.807, 2.05) is 0 Å². The van der Waals surface area contributed by atoms with Gasteiger partial charge in [0.15, 0.2) is 5.41 Å². The summed E-state index contributed by atoms with van der Waals surface area (Å²) in [4.78, 5) is 47.5. The van der Waals surface area contributed by atoms with Gasteiger partial charge in [0, 0.05) is 0 Å². The van der Waals surface area contributed by atoms with Gasteiger partial charge in [-0.2, -0.15) is 0 Å². The van der Waals surface area contributed by atoms with Gasteiger partial charge in [-0.1, -0.05) is 19.3 Å². The van der Waals surface area contributed by atoms with E-state index in [1.165, 1.54) is 0 Å². The van der Waals surface area contributed by atoms with Crippen LogP contribution in [0.15, 0.2) is 0 Å². The van der Waals surface area contributed by atoms with Crippen LogP contribution in [0.25, 0.3) is 0 Å². The molecule has 122 valence electrons. The van der Waals surface area contributed by atoms with Crippen LogP contribution in [0.5, 0.6) is 0 Å². The molecule has 2 fully saturated rings. The first-order valence-electron chi connectivity index (χ1n) is 7.13. The van der Waals surface area contributed by atoms with Crippen LogP contribution in [-0.2, 0) is 19.2 Å². The summed E-state index contributed by atoms with van der Waals surface area (Å²) < 4.78 is 0. The van der Waals surface area contributed by atoms with Gasteiger partial charge < -0.3 is 20.4 Å². The van der Waals surface area contributed by atoms with Crippen LogP contribution in [0.1, 0.15) is 44.9 Å². The Bertz CT molecular complexity index is 531. The number of carboxylic acids is 4. The molecule has 8 heteroatoms. The third kappa shape index (κ3) is 1.57. The lowest BCUT2D eigenvalue weighted by molar-refractivity contribution is -0.201. The SMILES string of the molecule is O=C(O)C1(C2(C(=O)O)CCCC2(C(=O)O)C(=O)O)CCCC1. The van der Waals surface area contributed by atoms with Crippen LogP contribution in [0, 0.1) is 16.2 Å². The summed E-state index contributed by atoms with van der Waals surface area (Å²) in [7, 11) is 0. The Morgan fingerprint density at radius 3 is 1.45 bits per heavy atom. The molecule has 8 nitrogen and oxygen atoms in total. The van der Waals surface area contributed by atoms with E-state index in [1.54, 1.807) is 0 Å². The Morgan fingerprint density at radius 1 is 0.591 bits per heavy atom. The van der Waals surface area contributed by atoms with Gasteiger partial charge in [0.1, 0.15) is 5.41 Å². The number of carbonyl (C=O) groups is 4. The maximum absolute atomic E-state index is 12.1. The first-order chi connectivity index (χ1) is 10.2. The van der Waals surface area contributed by atoms with Crippen molar-refractivity contribution in [2.45, 2.75) is 44.9 Å². The number of hydrogen-bond donors (Lipinski definition) is 4. The molecule has 0 amide bonds. The Balaban J connectivity index is 2.82. The summed E-state index contributed by atoms with van der Waals surface area (Å²) in [6.45, 7) is 0. The highest BCUT2D eigenvalue weighted by atomic mass is 16.4. The van der Waals surface area contributed by atoms with Crippen molar-refractivity contribution in [3.8, 4) is 0 Å². The standard InChI is InChI=1S/C14H18O8/c15-8(16)12(4-1-2-5-12)14(11(21)22)7-3-6-13(14,9(17)18)10(19)20/h1-7H2,(H,15,16)(H,17,18)(H,19,20)(H,21,22). The summed E-state index contributed by atoms with van der Waals surface area (Å²) in [6.07, 6.45) is 0.271. The van der Waals surface area contributed by atoms with Crippen molar-refractivity contribution in [1.82, 2.24) is 0 Å². The van der Waals surface area contributed by atoms with E-state index in [9.17, 15) is 39.6 Å². The van der Waals surface area contributed by atoms with E-state index >= 15 is 0 Å². The molecule has 0 heterocycles. The first-order valence-corrected chi connectivity index (χ1v) is 7.13. The lowest BCUT2D eigenvalue weighted by atomic mass is 9.50. The van der Waals surface area contributed by atoms with Crippen LogP contribution in [0.2, 0.25) is 0 Å². The Kier molecular flexibility index (Phi) is 3.67. The first kappa shape index (κ1) is 16.3. The lowest BCUT2D eigenvalue weighted by Crippen LogP contribution is -2.63. The monoisotopic (exact) mass is 314 g/mol. The van der Waals surface area contributed by atoms with Gasteiger partial charge in [0.05, 0.1) is 5.41 Å². The second-order valence-corrected chi connectivity index (χ2v) is 6.17. The van der Waals surface area contributed by atoms with Gasteiger partial charge in [-0.3, -0.25) is 19.2 Å². The minimum atomic E-state index is -2.61. The molecule has 0 saturated heterocycles. The molecule has 0 aliphatic heterocycles. The van der Waals surface area contributed by atoms with Crippen LogP contribution < -0.4 is 0 Å². The maximum atomic E-state index is 12.1. The van der Waals surface area contributed by atoms with Crippen molar-refractivity contribution >= 4 is 23.9 Å². The number of rotatable bonds is 5. The number of carboxylic acid groups (broad SMARTS) is 4. The molecule has 0 aromatic carbocycles. The van der Waals surface area contributed by atoms with Crippen LogP contribution in [0.4, 0.5) is 0 Å². The fourth-order valence-corrected chi connectivity index (χ4v) is 4.66. The fraction of sp³-hybridized carbons (Fsp3) is 0.714. The second kappa shape index (κ2) is 4.96. The van der Waals surface area contributed by atoms with Crippen LogP contribution in [0.3, 0.4) is 0 Å². The minimum Gasteiger partial charge on any atom is -0.481 e. The van der Waals surface area contributed by atoms with Gasteiger partial charge in [0.25, 0.3) is 0 Å². The highest BCUT2D eigenvalue weighted by Crippen LogP contribution is 2.67. The lowest BCUT2D eigenvalue weighted by Gasteiger charge is -2.47. The van der Waals surface area contributed by atoms with Gasteiger partial charge in [0.2, 0.25) is 0 Å². The minimum absolute atomic E-state index is 0.0169. The third-order valence-electron chi connectivity index (χ3n) is 5.61. The molecule has 0 aromatic heterocycles. The van der Waals surface area contributed by atoms with Crippen molar-refractivity contribution in [1.29, 1.82) is 0 Å². The van der Waals surface area contributed by atoms with Crippen molar-refractivity contribution in [2.75, 3.05) is 0 Å².